The number of hydrogen-bond acceptors (Lipinski definition) is 4. The molecule has 1 aliphatic heterocycles. The molecule has 1 heterocycles. The number of anilines is 1. The molecule has 1 saturated carbocycles. The number of carbonyl (C=O) groups excluding carboxylic acids is 2. The van der Waals surface area contributed by atoms with Gasteiger partial charge >= 0.3 is 0 Å². The van der Waals surface area contributed by atoms with E-state index in [1.165, 1.54) is 18.2 Å². The van der Waals surface area contributed by atoms with E-state index in [0.717, 1.165) is 25.0 Å². The number of piperidine rings is 1. The number of halogens is 1. The summed E-state index contributed by atoms with van der Waals surface area (Å²) in [6.07, 6.45) is 3.32. The zero-order valence-corrected chi connectivity index (χ0v) is 17.7. The Morgan fingerprint density at radius 1 is 0.968 bits per heavy atom. The van der Waals surface area contributed by atoms with Crippen molar-refractivity contribution in [2.75, 3.05) is 17.8 Å². The van der Waals surface area contributed by atoms with Gasteiger partial charge < -0.3 is 10.2 Å². The van der Waals surface area contributed by atoms with Gasteiger partial charge in [-0.3, -0.25) is 14.3 Å². The summed E-state index contributed by atoms with van der Waals surface area (Å²) in [7, 11) is -3.91. The van der Waals surface area contributed by atoms with E-state index in [2.05, 4.69) is 10.0 Å². The van der Waals surface area contributed by atoms with Crippen LogP contribution in [0.2, 0.25) is 0 Å². The van der Waals surface area contributed by atoms with Crippen LogP contribution in [-0.4, -0.2) is 44.3 Å². The van der Waals surface area contributed by atoms with Crippen LogP contribution in [0.4, 0.5) is 10.1 Å². The molecule has 0 atom stereocenters. The smallest absolute Gasteiger partial charge is 0.261 e. The highest BCUT2D eigenvalue weighted by molar-refractivity contribution is 7.92. The summed E-state index contributed by atoms with van der Waals surface area (Å²) < 4.78 is 40.5. The SMILES string of the molecule is O=C(NC1CC1)C1CCN(C(=O)c2cccc(NS(=O)(=O)c3ccc(F)cc3)c2)CC1. The molecule has 1 aliphatic carbocycles. The second kappa shape index (κ2) is 8.66. The molecule has 7 nitrogen and oxygen atoms in total. The maximum Gasteiger partial charge on any atom is 0.261 e. The topological polar surface area (TPSA) is 95.6 Å². The Morgan fingerprint density at radius 3 is 2.29 bits per heavy atom. The monoisotopic (exact) mass is 445 g/mol. The molecule has 0 aromatic heterocycles. The zero-order valence-electron chi connectivity index (χ0n) is 16.9. The Hall–Kier alpha value is -2.94. The van der Waals surface area contributed by atoms with Crippen LogP contribution in [0.1, 0.15) is 36.0 Å². The van der Waals surface area contributed by atoms with Gasteiger partial charge in [0.1, 0.15) is 5.82 Å². The molecule has 2 fully saturated rings. The van der Waals surface area contributed by atoms with E-state index >= 15 is 0 Å². The summed E-state index contributed by atoms with van der Waals surface area (Å²) in [4.78, 5) is 26.7. The molecule has 0 unspecified atom stereocenters. The molecule has 1 saturated heterocycles. The quantitative estimate of drug-likeness (QED) is 0.715. The van der Waals surface area contributed by atoms with Crippen molar-refractivity contribution in [2.24, 2.45) is 5.92 Å². The first-order valence-corrected chi connectivity index (χ1v) is 11.8. The van der Waals surface area contributed by atoms with Gasteiger partial charge in [-0.25, -0.2) is 12.8 Å². The van der Waals surface area contributed by atoms with Crippen LogP contribution in [0.5, 0.6) is 0 Å². The van der Waals surface area contributed by atoms with Crippen molar-refractivity contribution in [2.45, 2.75) is 36.6 Å². The third-order valence-electron chi connectivity index (χ3n) is 5.56. The van der Waals surface area contributed by atoms with Crippen LogP contribution in [-0.2, 0) is 14.8 Å². The number of nitrogens with one attached hydrogen (secondary N) is 2. The van der Waals surface area contributed by atoms with Crippen molar-refractivity contribution < 1.29 is 22.4 Å². The molecular weight excluding hydrogens is 421 g/mol. The second-order valence-corrected chi connectivity index (χ2v) is 9.67. The molecular formula is C22H24FN3O4S. The fourth-order valence-electron chi connectivity index (χ4n) is 3.62. The first kappa shape index (κ1) is 21.3. The van der Waals surface area contributed by atoms with E-state index < -0.39 is 15.8 Å². The Morgan fingerprint density at radius 2 is 1.65 bits per heavy atom. The molecule has 0 spiro atoms. The average Bonchev–Trinajstić information content (AvgIpc) is 3.57. The van der Waals surface area contributed by atoms with Gasteiger partial charge in [0.25, 0.3) is 15.9 Å². The van der Waals surface area contributed by atoms with E-state index in [-0.39, 0.29) is 28.3 Å². The molecule has 9 heteroatoms. The van der Waals surface area contributed by atoms with Gasteiger partial charge in [0.15, 0.2) is 0 Å². The Balaban J connectivity index is 1.39. The van der Waals surface area contributed by atoms with Gasteiger partial charge in [0, 0.05) is 36.3 Å². The third kappa shape index (κ3) is 5.22. The number of sulfonamides is 1. The lowest BCUT2D eigenvalue weighted by Gasteiger charge is -2.31. The number of rotatable bonds is 6. The fourth-order valence-corrected chi connectivity index (χ4v) is 4.67. The number of carbonyl (C=O) groups is 2. The van der Waals surface area contributed by atoms with E-state index in [4.69, 9.17) is 0 Å². The lowest BCUT2D eigenvalue weighted by molar-refractivity contribution is -0.126. The van der Waals surface area contributed by atoms with Gasteiger partial charge in [-0.15, -0.1) is 0 Å². The van der Waals surface area contributed by atoms with E-state index in [1.54, 1.807) is 23.1 Å². The standard InChI is InChI=1S/C22H24FN3O4S/c23-17-4-8-20(9-5-17)31(29,30)25-19-3-1-2-16(14-19)22(28)26-12-10-15(11-13-26)21(27)24-18-6-7-18/h1-5,8-9,14-15,18,25H,6-7,10-13H2,(H,24,27). The number of amides is 2. The van der Waals surface area contributed by atoms with Gasteiger partial charge in [-0.05, 0) is 68.1 Å². The van der Waals surface area contributed by atoms with Crippen molar-refractivity contribution >= 4 is 27.5 Å². The number of likely N-dealkylation sites (tertiary alicyclic amines) is 1. The Bertz CT molecular complexity index is 1080. The van der Waals surface area contributed by atoms with E-state index in [0.29, 0.717) is 37.5 Å². The van der Waals surface area contributed by atoms with Gasteiger partial charge in [0.05, 0.1) is 4.90 Å². The first-order chi connectivity index (χ1) is 14.8. The predicted octanol–water partition coefficient (Wildman–Crippen LogP) is 2.76. The minimum atomic E-state index is -3.91. The summed E-state index contributed by atoms with van der Waals surface area (Å²) in [6.45, 7) is 0.959. The van der Waals surface area contributed by atoms with Crippen molar-refractivity contribution in [3.8, 4) is 0 Å². The molecule has 2 amide bonds. The van der Waals surface area contributed by atoms with Crippen LogP contribution < -0.4 is 10.0 Å². The molecule has 2 N–H and O–H groups in total. The number of benzene rings is 2. The minimum absolute atomic E-state index is 0.0708. The molecule has 164 valence electrons. The lowest BCUT2D eigenvalue weighted by atomic mass is 9.95. The largest absolute Gasteiger partial charge is 0.353 e. The maximum atomic E-state index is 13.1. The molecule has 31 heavy (non-hydrogen) atoms. The molecule has 2 aromatic rings. The van der Waals surface area contributed by atoms with Gasteiger partial charge in [-0.1, -0.05) is 6.07 Å². The highest BCUT2D eigenvalue weighted by atomic mass is 32.2. The van der Waals surface area contributed by atoms with Crippen LogP contribution in [0.3, 0.4) is 0 Å². The Kier molecular flexibility index (Phi) is 5.95. The highest BCUT2D eigenvalue weighted by Crippen LogP contribution is 2.24. The van der Waals surface area contributed by atoms with Crippen molar-refractivity contribution in [1.29, 1.82) is 0 Å². The number of nitrogens with zero attached hydrogens (tertiary/aromatic N) is 1. The second-order valence-electron chi connectivity index (χ2n) is 7.99. The predicted molar refractivity (Wildman–Crippen MR) is 113 cm³/mol. The molecule has 2 aliphatic rings. The average molecular weight is 446 g/mol. The van der Waals surface area contributed by atoms with Crippen LogP contribution in [0.25, 0.3) is 0 Å². The third-order valence-corrected chi connectivity index (χ3v) is 6.96. The van der Waals surface area contributed by atoms with Crippen LogP contribution in [0, 0.1) is 11.7 Å². The summed E-state index contributed by atoms with van der Waals surface area (Å²) in [6, 6.07) is 11.1. The fraction of sp³-hybridized carbons (Fsp3) is 0.364. The first-order valence-electron chi connectivity index (χ1n) is 10.3. The molecule has 0 radical (unpaired) electrons. The van der Waals surface area contributed by atoms with Gasteiger partial charge in [-0.2, -0.15) is 0 Å². The van der Waals surface area contributed by atoms with Crippen LogP contribution in [0.15, 0.2) is 53.4 Å². The summed E-state index contributed by atoms with van der Waals surface area (Å²) in [5, 5.41) is 3.02. The van der Waals surface area contributed by atoms with Crippen molar-refractivity contribution in [1.82, 2.24) is 10.2 Å². The summed E-state index contributed by atoms with van der Waals surface area (Å²) in [5.41, 5.74) is 0.606. The minimum Gasteiger partial charge on any atom is -0.353 e. The summed E-state index contributed by atoms with van der Waals surface area (Å²) in [5.74, 6) is -0.727. The normalized spacial score (nSPS) is 17.3. The van der Waals surface area contributed by atoms with Crippen LogP contribution >= 0.6 is 0 Å². The van der Waals surface area contributed by atoms with E-state index in [1.807, 2.05) is 0 Å². The molecule has 4 rings (SSSR count). The summed E-state index contributed by atoms with van der Waals surface area (Å²) >= 11 is 0. The maximum absolute atomic E-state index is 13.1. The highest BCUT2D eigenvalue weighted by Gasteiger charge is 2.31. The Labute approximate surface area is 180 Å². The number of hydrogen-bond donors (Lipinski definition) is 2. The molecule has 2 aromatic carbocycles. The van der Waals surface area contributed by atoms with Crippen molar-refractivity contribution in [3.05, 3.63) is 59.9 Å². The molecule has 0 bridgehead atoms. The van der Waals surface area contributed by atoms with E-state index in [9.17, 15) is 22.4 Å². The lowest BCUT2D eigenvalue weighted by Crippen LogP contribution is -2.43. The van der Waals surface area contributed by atoms with Gasteiger partial charge in [0.2, 0.25) is 5.91 Å². The van der Waals surface area contributed by atoms with Crippen molar-refractivity contribution in [3.63, 3.8) is 0 Å². The zero-order chi connectivity index (χ0) is 22.0.